The Morgan fingerprint density at radius 1 is 1.39 bits per heavy atom. The van der Waals surface area contributed by atoms with E-state index in [4.69, 9.17) is 21.8 Å². The van der Waals surface area contributed by atoms with Crippen molar-refractivity contribution in [1.82, 2.24) is 4.90 Å². The Bertz CT molecular complexity index is 442. The minimum absolute atomic E-state index is 0.0164. The lowest BCUT2D eigenvalue weighted by molar-refractivity contribution is 0.132. The smallest absolute Gasteiger partial charge is 0.407 e. The highest BCUT2D eigenvalue weighted by Gasteiger charge is 2.24. The Hall–Kier alpha value is -1.26. The standard InChI is InChI=1S/C13H16ClNO3/c14-12-7-9(8-16)1-2-11(12)10-3-5-15(6-4-10)13(17)18/h1-2,7,10,16H,3-6,8H2,(H,17,18). The third-order valence-corrected chi connectivity index (χ3v) is 3.78. The first-order chi connectivity index (χ1) is 8.61. The zero-order chi connectivity index (χ0) is 13.1. The van der Waals surface area contributed by atoms with Crippen molar-refractivity contribution in [3.05, 3.63) is 34.3 Å². The molecule has 0 saturated carbocycles. The monoisotopic (exact) mass is 269 g/mol. The molecule has 1 aliphatic rings. The number of carboxylic acid groups (broad SMARTS) is 1. The van der Waals surface area contributed by atoms with Crippen molar-refractivity contribution in [2.75, 3.05) is 13.1 Å². The van der Waals surface area contributed by atoms with E-state index in [1.165, 1.54) is 4.90 Å². The normalized spacial score (nSPS) is 16.9. The zero-order valence-corrected chi connectivity index (χ0v) is 10.7. The molecule has 1 saturated heterocycles. The number of aliphatic hydroxyl groups is 1. The highest BCUT2D eigenvalue weighted by atomic mass is 35.5. The van der Waals surface area contributed by atoms with Crippen LogP contribution in [0.2, 0.25) is 5.02 Å². The summed E-state index contributed by atoms with van der Waals surface area (Å²) in [7, 11) is 0. The molecule has 2 N–H and O–H groups in total. The molecule has 0 aromatic heterocycles. The summed E-state index contributed by atoms with van der Waals surface area (Å²) in [4.78, 5) is 12.3. The molecule has 1 fully saturated rings. The van der Waals surface area contributed by atoms with Crippen LogP contribution < -0.4 is 0 Å². The molecule has 1 amide bonds. The van der Waals surface area contributed by atoms with Crippen molar-refractivity contribution >= 4 is 17.7 Å². The second-order valence-corrected chi connectivity index (χ2v) is 4.97. The summed E-state index contributed by atoms with van der Waals surface area (Å²) in [5, 5.41) is 18.6. The van der Waals surface area contributed by atoms with Crippen molar-refractivity contribution in [2.24, 2.45) is 0 Å². The van der Waals surface area contributed by atoms with Crippen molar-refractivity contribution < 1.29 is 15.0 Å². The van der Waals surface area contributed by atoms with Gasteiger partial charge in [-0.25, -0.2) is 4.79 Å². The van der Waals surface area contributed by atoms with Crippen molar-refractivity contribution in [1.29, 1.82) is 0 Å². The topological polar surface area (TPSA) is 60.8 Å². The molecule has 0 radical (unpaired) electrons. The summed E-state index contributed by atoms with van der Waals surface area (Å²) in [6.45, 7) is 1.09. The first-order valence-electron chi connectivity index (χ1n) is 5.99. The van der Waals surface area contributed by atoms with E-state index in [1.807, 2.05) is 12.1 Å². The fraction of sp³-hybridized carbons (Fsp3) is 0.462. The van der Waals surface area contributed by atoms with Gasteiger partial charge in [0.2, 0.25) is 0 Å². The van der Waals surface area contributed by atoms with E-state index in [1.54, 1.807) is 6.07 Å². The number of carbonyl (C=O) groups is 1. The van der Waals surface area contributed by atoms with Gasteiger partial charge in [-0.1, -0.05) is 23.7 Å². The third-order valence-electron chi connectivity index (χ3n) is 3.45. The lowest BCUT2D eigenvalue weighted by Gasteiger charge is -2.30. The lowest BCUT2D eigenvalue weighted by atomic mass is 9.89. The van der Waals surface area contributed by atoms with Gasteiger partial charge in [-0.15, -0.1) is 0 Å². The number of aliphatic hydroxyl groups excluding tert-OH is 1. The van der Waals surface area contributed by atoms with Gasteiger partial charge in [-0.05, 0) is 36.0 Å². The first kappa shape index (κ1) is 13.2. The zero-order valence-electron chi connectivity index (χ0n) is 9.97. The number of hydrogen-bond donors (Lipinski definition) is 2. The van der Waals surface area contributed by atoms with Gasteiger partial charge in [-0.3, -0.25) is 0 Å². The Labute approximate surface area is 111 Å². The first-order valence-corrected chi connectivity index (χ1v) is 6.36. The van der Waals surface area contributed by atoms with Crippen molar-refractivity contribution in [3.8, 4) is 0 Å². The van der Waals surface area contributed by atoms with Gasteiger partial charge in [0.25, 0.3) is 0 Å². The lowest BCUT2D eigenvalue weighted by Crippen LogP contribution is -2.36. The molecule has 2 rings (SSSR count). The summed E-state index contributed by atoms with van der Waals surface area (Å²) >= 11 is 6.20. The van der Waals surface area contributed by atoms with E-state index in [9.17, 15) is 4.79 Å². The maximum atomic E-state index is 10.8. The Kier molecular flexibility index (Phi) is 4.09. The van der Waals surface area contributed by atoms with Crippen LogP contribution in [0.3, 0.4) is 0 Å². The van der Waals surface area contributed by atoms with Crippen LogP contribution in [0.5, 0.6) is 0 Å². The van der Waals surface area contributed by atoms with Gasteiger partial charge in [-0.2, -0.15) is 0 Å². The van der Waals surface area contributed by atoms with Crippen molar-refractivity contribution in [3.63, 3.8) is 0 Å². The maximum absolute atomic E-state index is 10.8. The van der Waals surface area contributed by atoms with E-state index in [-0.39, 0.29) is 6.61 Å². The molecule has 18 heavy (non-hydrogen) atoms. The summed E-state index contributed by atoms with van der Waals surface area (Å²) in [6, 6.07) is 5.58. The van der Waals surface area contributed by atoms with E-state index in [2.05, 4.69) is 0 Å². The van der Waals surface area contributed by atoms with E-state index in [0.29, 0.717) is 24.0 Å². The minimum atomic E-state index is -0.852. The van der Waals surface area contributed by atoms with E-state index in [0.717, 1.165) is 24.0 Å². The minimum Gasteiger partial charge on any atom is -0.465 e. The second-order valence-electron chi connectivity index (χ2n) is 4.56. The van der Waals surface area contributed by atoms with Crippen LogP contribution >= 0.6 is 11.6 Å². The van der Waals surface area contributed by atoms with Gasteiger partial charge in [0.1, 0.15) is 0 Å². The number of rotatable bonds is 2. The molecule has 0 unspecified atom stereocenters. The fourth-order valence-electron chi connectivity index (χ4n) is 2.38. The van der Waals surface area contributed by atoms with Crippen LogP contribution in [0, 0.1) is 0 Å². The number of amides is 1. The molecule has 0 aliphatic carbocycles. The van der Waals surface area contributed by atoms with Gasteiger partial charge < -0.3 is 15.1 Å². The Morgan fingerprint density at radius 2 is 2.06 bits per heavy atom. The number of hydrogen-bond acceptors (Lipinski definition) is 2. The van der Waals surface area contributed by atoms with Crippen LogP contribution in [0.1, 0.15) is 29.9 Å². The number of piperidine rings is 1. The molecular formula is C13H16ClNO3. The molecule has 0 atom stereocenters. The van der Waals surface area contributed by atoms with Crippen LogP contribution in [0.4, 0.5) is 4.79 Å². The maximum Gasteiger partial charge on any atom is 0.407 e. The molecule has 98 valence electrons. The van der Waals surface area contributed by atoms with Crippen LogP contribution in [-0.4, -0.2) is 34.3 Å². The van der Waals surface area contributed by atoms with Crippen LogP contribution in [-0.2, 0) is 6.61 Å². The number of halogens is 1. The van der Waals surface area contributed by atoms with Gasteiger partial charge in [0.15, 0.2) is 0 Å². The SMILES string of the molecule is O=C(O)N1CCC(c2ccc(CO)cc2Cl)CC1. The predicted molar refractivity (Wildman–Crippen MR) is 68.9 cm³/mol. The molecule has 4 nitrogen and oxygen atoms in total. The largest absolute Gasteiger partial charge is 0.465 e. The number of nitrogens with zero attached hydrogens (tertiary/aromatic N) is 1. The summed E-state index contributed by atoms with van der Waals surface area (Å²) < 4.78 is 0. The van der Waals surface area contributed by atoms with Crippen LogP contribution in [0.25, 0.3) is 0 Å². The van der Waals surface area contributed by atoms with E-state index >= 15 is 0 Å². The summed E-state index contributed by atoms with van der Waals surface area (Å²) in [6.07, 6.45) is 0.741. The van der Waals surface area contributed by atoms with Gasteiger partial charge in [0.05, 0.1) is 6.61 Å². The molecular weight excluding hydrogens is 254 g/mol. The second kappa shape index (κ2) is 5.59. The predicted octanol–water partition coefficient (Wildman–Crippen LogP) is 2.69. The summed E-state index contributed by atoms with van der Waals surface area (Å²) in [5.74, 6) is 0.306. The molecule has 1 heterocycles. The Morgan fingerprint density at radius 3 is 2.56 bits per heavy atom. The molecule has 1 aromatic carbocycles. The molecule has 0 bridgehead atoms. The number of benzene rings is 1. The summed E-state index contributed by atoms with van der Waals surface area (Å²) in [5.41, 5.74) is 1.85. The average Bonchev–Trinajstić information content (AvgIpc) is 2.38. The quantitative estimate of drug-likeness (QED) is 0.868. The average molecular weight is 270 g/mol. The van der Waals surface area contributed by atoms with Crippen LogP contribution in [0.15, 0.2) is 18.2 Å². The molecule has 0 spiro atoms. The fourth-order valence-corrected chi connectivity index (χ4v) is 2.74. The Balaban J connectivity index is 2.07. The molecule has 1 aromatic rings. The van der Waals surface area contributed by atoms with Gasteiger partial charge in [0, 0.05) is 18.1 Å². The highest BCUT2D eigenvalue weighted by molar-refractivity contribution is 6.31. The van der Waals surface area contributed by atoms with Gasteiger partial charge >= 0.3 is 6.09 Å². The van der Waals surface area contributed by atoms with Crippen molar-refractivity contribution in [2.45, 2.75) is 25.4 Å². The number of likely N-dealkylation sites (tertiary alicyclic amines) is 1. The molecule has 5 heteroatoms. The van der Waals surface area contributed by atoms with E-state index < -0.39 is 6.09 Å². The molecule has 1 aliphatic heterocycles. The highest BCUT2D eigenvalue weighted by Crippen LogP contribution is 2.33. The third kappa shape index (κ3) is 2.76.